The summed E-state index contributed by atoms with van der Waals surface area (Å²) < 4.78 is 0. The minimum atomic E-state index is 0.388. The van der Waals surface area contributed by atoms with Crippen molar-refractivity contribution in [3.05, 3.63) is 64.2 Å². The van der Waals surface area contributed by atoms with Crippen LogP contribution in [0.1, 0.15) is 36.6 Å². The molecule has 21 heavy (non-hydrogen) atoms. The van der Waals surface area contributed by atoms with Crippen molar-refractivity contribution in [1.82, 2.24) is 5.32 Å². The monoisotopic (exact) mass is 319 g/mol. The minimum Gasteiger partial charge on any atom is -0.310 e. The lowest BCUT2D eigenvalue weighted by molar-refractivity contribution is 0.597. The Balaban J connectivity index is 2.04. The molecule has 112 valence electrons. The average molecular weight is 320 g/mol. The van der Waals surface area contributed by atoms with E-state index in [1.807, 2.05) is 17.8 Å². The first-order valence-corrected chi connectivity index (χ1v) is 8.67. The summed E-state index contributed by atoms with van der Waals surface area (Å²) in [5, 5.41) is 4.31. The van der Waals surface area contributed by atoms with Gasteiger partial charge in [-0.2, -0.15) is 0 Å². The Hall–Kier alpha value is -0.960. The normalized spacial score (nSPS) is 12.4. The predicted octanol–water partition coefficient (Wildman–Crippen LogP) is 5.61. The van der Waals surface area contributed by atoms with E-state index in [9.17, 15) is 0 Å². The van der Waals surface area contributed by atoms with E-state index in [1.54, 1.807) is 0 Å². The van der Waals surface area contributed by atoms with Crippen molar-refractivity contribution in [2.24, 2.45) is 0 Å². The maximum absolute atomic E-state index is 6.30. The lowest BCUT2D eigenvalue weighted by Gasteiger charge is -2.14. The molecule has 1 unspecified atom stereocenters. The molecule has 0 saturated carbocycles. The molecule has 0 radical (unpaired) electrons. The number of rotatable bonds is 6. The van der Waals surface area contributed by atoms with Gasteiger partial charge in [-0.25, -0.2) is 0 Å². The van der Waals surface area contributed by atoms with Crippen molar-refractivity contribution < 1.29 is 0 Å². The molecule has 2 rings (SSSR count). The van der Waals surface area contributed by atoms with Crippen molar-refractivity contribution in [2.45, 2.75) is 37.5 Å². The maximum Gasteiger partial charge on any atom is 0.0449 e. The fraction of sp³-hybridized carbons (Fsp3) is 0.333. The molecule has 1 nitrogen and oxygen atoms in total. The van der Waals surface area contributed by atoms with Gasteiger partial charge in [0.05, 0.1) is 0 Å². The summed E-state index contributed by atoms with van der Waals surface area (Å²) in [5.74, 6) is 0.901. The average Bonchev–Trinajstić information content (AvgIpc) is 2.47. The number of benzene rings is 2. The van der Waals surface area contributed by atoms with Crippen molar-refractivity contribution in [2.75, 3.05) is 6.54 Å². The van der Waals surface area contributed by atoms with Crippen LogP contribution in [0.3, 0.4) is 0 Å². The van der Waals surface area contributed by atoms with Gasteiger partial charge in [0, 0.05) is 21.7 Å². The number of hydrogen-bond donors (Lipinski definition) is 1. The lowest BCUT2D eigenvalue weighted by atomic mass is 10.1. The Morgan fingerprint density at radius 1 is 1.19 bits per heavy atom. The summed E-state index contributed by atoms with van der Waals surface area (Å²) in [7, 11) is 0. The van der Waals surface area contributed by atoms with Crippen LogP contribution in [-0.4, -0.2) is 6.54 Å². The van der Waals surface area contributed by atoms with Gasteiger partial charge in [-0.15, -0.1) is 11.8 Å². The SMILES string of the molecule is CCNC(C)c1cccc(SCc2ccc(C)cc2Cl)c1. The molecule has 0 heterocycles. The molecular formula is C18H22ClNS. The summed E-state index contributed by atoms with van der Waals surface area (Å²) in [5.41, 5.74) is 3.73. The van der Waals surface area contributed by atoms with E-state index < -0.39 is 0 Å². The third-order valence-corrected chi connectivity index (χ3v) is 4.87. The molecule has 2 aromatic rings. The second kappa shape index (κ2) is 7.88. The van der Waals surface area contributed by atoms with Gasteiger partial charge < -0.3 is 5.32 Å². The van der Waals surface area contributed by atoms with E-state index in [1.165, 1.54) is 21.6 Å². The van der Waals surface area contributed by atoms with Gasteiger partial charge in [-0.3, -0.25) is 0 Å². The van der Waals surface area contributed by atoms with E-state index in [0.29, 0.717) is 6.04 Å². The zero-order valence-corrected chi connectivity index (χ0v) is 14.4. The van der Waals surface area contributed by atoms with Crippen molar-refractivity contribution in [1.29, 1.82) is 0 Å². The predicted molar refractivity (Wildman–Crippen MR) is 94.3 cm³/mol. The van der Waals surface area contributed by atoms with Gasteiger partial charge >= 0.3 is 0 Å². The Bertz CT molecular complexity index is 598. The van der Waals surface area contributed by atoms with Crippen LogP contribution in [0, 0.1) is 6.92 Å². The first kappa shape index (κ1) is 16.4. The summed E-state index contributed by atoms with van der Waals surface area (Å²) in [6.07, 6.45) is 0. The highest BCUT2D eigenvalue weighted by Crippen LogP contribution is 2.28. The second-order valence-corrected chi connectivity index (χ2v) is 6.69. The summed E-state index contributed by atoms with van der Waals surface area (Å²) in [6.45, 7) is 7.38. The van der Waals surface area contributed by atoms with Crippen LogP contribution in [-0.2, 0) is 5.75 Å². The van der Waals surface area contributed by atoms with E-state index in [0.717, 1.165) is 17.3 Å². The number of thioether (sulfide) groups is 1. The van der Waals surface area contributed by atoms with Crippen molar-refractivity contribution in [3.63, 3.8) is 0 Å². The van der Waals surface area contributed by atoms with Crippen LogP contribution in [0.5, 0.6) is 0 Å². The molecule has 0 saturated heterocycles. The molecule has 0 spiro atoms. The smallest absolute Gasteiger partial charge is 0.0449 e. The quantitative estimate of drug-likeness (QED) is 0.694. The fourth-order valence-electron chi connectivity index (χ4n) is 2.23. The Labute approximate surface area is 137 Å². The number of hydrogen-bond acceptors (Lipinski definition) is 2. The molecule has 0 aromatic heterocycles. The summed E-state index contributed by atoms with van der Waals surface area (Å²) in [4.78, 5) is 1.29. The van der Waals surface area contributed by atoms with Gasteiger partial charge in [-0.05, 0) is 55.3 Å². The highest BCUT2D eigenvalue weighted by atomic mass is 35.5. The van der Waals surface area contributed by atoms with Crippen molar-refractivity contribution in [3.8, 4) is 0 Å². The van der Waals surface area contributed by atoms with Crippen molar-refractivity contribution >= 4 is 23.4 Å². The number of halogens is 1. The topological polar surface area (TPSA) is 12.0 Å². The van der Waals surface area contributed by atoms with E-state index in [4.69, 9.17) is 11.6 Å². The third kappa shape index (κ3) is 4.77. The Morgan fingerprint density at radius 3 is 2.71 bits per heavy atom. The molecule has 1 N–H and O–H groups in total. The van der Waals surface area contributed by atoms with E-state index >= 15 is 0 Å². The highest BCUT2D eigenvalue weighted by Gasteiger charge is 2.06. The van der Waals surface area contributed by atoms with Gasteiger partial charge in [0.15, 0.2) is 0 Å². The maximum atomic E-state index is 6.30. The molecule has 0 amide bonds. The lowest BCUT2D eigenvalue weighted by Crippen LogP contribution is -2.17. The van der Waals surface area contributed by atoms with Gasteiger partial charge in [0.2, 0.25) is 0 Å². The van der Waals surface area contributed by atoms with Gasteiger partial charge in [0.1, 0.15) is 0 Å². The molecule has 0 aliphatic heterocycles. The standard InChI is InChI=1S/C18H22ClNS/c1-4-20-14(3)15-6-5-7-17(11-15)21-12-16-9-8-13(2)10-18(16)19/h5-11,14,20H,4,12H2,1-3H3. The highest BCUT2D eigenvalue weighted by molar-refractivity contribution is 7.98. The Morgan fingerprint density at radius 2 is 2.00 bits per heavy atom. The third-order valence-electron chi connectivity index (χ3n) is 3.47. The Kier molecular flexibility index (Phi) is 6.16. The second-order valence-electron chi connectivity index (χ2n) is 5.24. The number of aryl methyl sites for hydroxylation is 1. The van der Waals surface area contributed by atoms with Crippen LogP contribution < -0.4 is 5.32 Å². The molecule has 0 aliphatic carbocycles. The van der Waals surface area contributed by atoms with Gasteiger partial charge in [0.25, 0.3) is 0 Å². The van der Waals surface area contributed by atoms with Crippen LogP contribution in [0.25, 0.3) is 0 Å². The molecule has 0 fully saturated rings. The largest absolute Gasteiger partial charge is 0.310 e. The summed E-state index contributed by atoms with van der Waals surface area (Å²) in [6, 6.07) is 15.4. The van der Waals surface area contributed by atoms with Crippen LogP contribution in [0.15, 0.2) is 47.4 Å². The van der Waals surface area contributed by atoms with Crippen LogP contribution in [0.4, 0.5) is 0 Å². The fourth-order valence-corrected chi connectivity index (χ4v) is 3.58. The molecular weight excluding hydrogens is 298 g/mol. The van der Waals surface area contributed by atoms with E-state index in [2.05, 4.69) is 62.5 Å². The first-order chi connectivity index (χ1) is 10.1. The summed E-state index contributed by atoms with van der Waals surface area (Å²) >= 11 is 8.13. The number of nitrogens with one attached hydrogen (secondary N) is 1. The molecule has 0 aliphatic rings. The van der Waals surface area contributed by atoms with Crippen LogP contribution in [0.2, 0.25) is 5.02 Å². The molecule has 0 bridgehead atoms. The zero-order chi connectivity index (χ0) is 15.2. The van der Waals surface area contributed by atoms with Gasteiger partial charge in [-0.1, -0.05) is 42.8 Å². The van der Waals surface area contributed by atoms with E-state index in [-0.39, 0.29) is 0 Å². The zero-order valence-electron chi connectivity index (χ0n) is 12.8. The van der Waals surface area contributed by atoms with Crippen LogP contribution >= 0.6 is 23.4 Å². The molecule has 2 aromatic carbocycles. The first-order valence-electron chi connectivity index (χ1n) is 7.31. The molecule has 3 heteroatoms. The molecule has 1 atom stereocenters. The minimum absolute atomic E-state index is 0.388.